The zero-order chi connectivity index (χ0) is 15.6. The van der Waals surface area contributed by atoms with Gasteiger partial charge in [0.15, 0.2) is 11.5 Å². The molecule has 0 fully saturated rings. The number of halogens is 1. The second kappa shape index (κ2) is 6.40. The Morgan fingerprint density at radius 3 is 1.86 bits per heavy atom. The number of hydrogen-bond donors (Lipinski definition) is 0. The Bertz CT molecular complexity index is 630. The summed E-state index contributed by atoms with van der Waals surface area (Å²) in [4.78, 5) is 0. The standard InChI is InChI=1S/C18H21ClO2/c1-11-6-12(2)8-14(7-11)18(19)15-10-17(21-5)16(20-4)9-13(15)3/h6-10,18H,1-5H3. The number of methoxy groups -OCH3 is 2. The van der Waals surface area contributed by atoms with Crippen molar-refractivity contribution in [3.05, 3.63) is 58.1 Å². The van der Waals surface area contributed by atoms with Crippen LogP contribution < -0.4 is 9.47 Å². The van der Waals surface area contributed by atoms with Gasteiger partial charge in [0.25, 0.3) is 0 Å². The zero-order valence-electron chi connectivity index (χ0n) is 13.2. The number of aryl methyl sites for hydroxylation is 3. The Hall–Kier alpha value is -1.67. The van der Waals surface area contributed by atoms with Crippen LogP contribution in [-0.2, 0) is 0 Å². The van der Waals surface area contributed by atoms with E-state index in [-0.39, 0.29) is 5.38 Å². The average Bonchev–Trinajstić information content (AvgIpc) is 2.45. The van der Waals surface area contributed by atoms with Crippen LogP contribution in [0.3, 0.4) is 0 Å². The number of alkyl halides is 1. The van der Waals surface area contributed by atoms with Crippen LogP contribution in [0.4, 0.5) is 0 Å². The molecule has 0 saturated heterocycles. The molecule has 0 aliphatic heterocycles. The lowest BCUT2D eigenvalue weighted by Crippen LogP contribution is -2.00. The van der Waals surface area contributed by atoms with E-state index >= 15 is 0 Å². The largest absolute Gasteiger partial charge is 0.493 e. The van der Waals surface area contributed by atoms with Crippen molar-refractivity contribution >= 4 is 11.6 Å². The third-order valence-corrected chi connectivity index (χ3v) is 4.07. The highest BCUT2D eigenvalue weighted by atomic mass is 35.5. The van der Waals surface area contributed by atoms with Crippen molar-refractivity contribution in [1.82, 2.24) is 0 Å². The zero-order valence-corrected chi connectivity index (χ0v) is 13.9. The Kier molecular flexibility index (Phi) is 4.79. The predicted octanol–water partition coefficient (Wildman–Crippen LogP) is 4.96. The van der Waals surface area contributed by atoms with E-state index in [1.807, 2.05) is 19.1 Å². The molecular formula is C18H21ClO2. The van der Waals surface area contributed by atoms with Crippen LogP contribution >= 0.6 is 11.6 Å². The summed E-state index contributed by atoms with van der Waals surface area (Å²) in [6.07, 6.45) is 0. The normalized spacial score (nSPS) is 12.1. The summed E-state index contributed by atoms with van der Waals surface area (Å²) < 4.78 is 10.7. The summed E-state index contributed by atoms with van der Waals surface area (Å²) in [5.74, 6) is 1.43. The molecule has 1 atom stereocenters. The quantitative estimate of drug-likeness (QED) is 0.743. The molecule has 2 nitrogen and oxygen atoms in total. The summed E-state index contributed by atoms with van der Waals surface area (Å²) in [5.41, 5.74) is 5.66. The minimum Gasteiger partial charge on any atom is -0.493 e. The van der Waals surface area contributed by atoms with Crippen molar-refractivity contribution in [3.63, 3.8) is 0 Å². The molecule has 0 heterocycles. The van der Waals surface area contributed by atoms with Crippen LogP contribution in [0.25, 0.3) is 0 Å². The molecule has 2 aromatic carbocycles. The van der Waals surface area contributed by atoms with Crippen molar-refractivity contribution in [2.45, 2.75) is 26.1 Å². The number of hydrogen-bond acceptors (Lipinski definition) is 2. The van der Waals surface area contributed by atoms with Crippen LogP contribution in [0.5, 0.6) is 11.5 Å². The molecular weight excluding hydrogens is 284 g/mol. The summed E-state index contributed by atoms with van der Waals surface area (Å²) in [6, 6.07) is 10.3. The van der Waals surface area contributed by atoms with E-state index in [9.17, 15) is 0 Å². The third-order valence-electron chi connectivity index (χ3n) is 3.58. The number of ether oxygens (including phenoxy) is 2. The Labute approximate surface area is 131 Å². The van der Waals surface area contributed by atoms with Gasteiger partial charge < -0.3 is 9.47 Å². The lowest BCUT2D eigenvalue weighted by molar-refractivity contribution is 0.354. The van der Waals surface area contributed by atoms with E-state index in [1.165, 1.54) is 11.1 Å². The third kappa shape index (κ3) is 3.33. The number of benzene rings is 2. The van der Waals surface area contributed by atoms with E-state index < -0.39 is 0 Å². The molecule has 21 heavy (non-hydrogen) atoms. The minimum atomic E-state index is -0.205. The maximum Gasteiger partial charge on any atom is 0.161 e. The summed E-state index contributed by atoms with van der Waals surface area (Å²) >= 11 is 6.71. The van der Waals surface area contributed by atoms with Crippen molar-refractivity contribution in [2.24, 2.45) is 0 Å². The van der Waals surface area contributed by atoms with Gasteiger partial charge >= 0.3 is 0 Å². The average molecular weight is 305 g/mol. The lowest BCUT2D eigenvalue weighted by atomic mass is 9.97. The second-order valence-corrected chi connectivity index (χ2v) is 5.78. The molecule has 0 aromatic heterocycles. The fraction of sp³-hybridized carbons (Fsp3) is 0.333. The maximum atomic E-state index is 6.71. The summed E-state index contributed by atoms with van der Waals surface area (Å²) in [5, 5.41) is -0.205. The topological polar surface area (TPSA) is 18.5 Å². The first-order valence-corrected chi connectivity index (χ1v) is 7.34. The fourth-order valence-corrected chi connectivity index (χ4v) is 2.97. The molecule has 0 amide bonds. The number of rotatable bonds is 4. The molecule has 0 radical (unpaired) electrons. The van der Waals surface area contributed by atoms with Gasteiger partial charge in [-0.3, -0.25) is 0 Å². The first-order valence-electron chi connectivity index (χ1n) is 6.91. The van der Waals surface area contributed by atoms with Gasteiger partial charge in [-0.2, -0.15) is 0 Å². The van der Waals surface area contributed by atoms with Crippen molar-refractivity contribution in [3.8, 4) is 11.5 Å². The molecule has 0 aliphatic rings. The van der Waals surface area contributed by atoms with Gasteiger partial charge in [0.2, 0.25) is 0 Å². The highest BCUT2D eigenvalue weighted by Gasteiger charge is 2.17. The van der Waals surface area contributed by atoms with Gasteiger partial charge in [-0.15, -0.1) is 11.6 Å². The Balaban J connectivity index is 2.49. The van der Waals surface area contributed by atoms with Gasteiger partial charge in [0.05, 0.1) is 19.6 Å². The van der Waals surface area contributed by atoms with Gasteiger partial charge in [0.1, 0.15) is 0 Å². The van der Waals surface area contributed by atoms with Crippen molar-refractivity contribution in [2.75, 3.05) is 14.2 Å². The molecule has 112 valence electrons. The fourth-order valence-electron chi connectivity index (χ4n) is 2.61. The Morgan fingerprint density at radius 2 is 1.33 bits per heavy atom. The smallest absolute Gasteiger partial charge is 0.161 e. The van der Waals surface area contributed by atoms with Crippen LogP contribution in [0.1, 0.15) is 33.2 Å². The minimum absolute atomic E-state index is 0.205. The van der Waals surface area contributed by atoms with Gasteiger partial charge in [-0.05, 0) is 49.6 Å². The van der Waals surface area contributed by atoms with Crippen molar-refractivity contribution < 1.29 is 9.47 Å². The highest BCUT2D eigenvalue weighted by molar-refractivity contribution is 6.22. The van der Waals surface area contributed by atoms with E-state index in [0.717, 1.165) is 22.4 Å². The van der Waals surface area contributed by atoms with Crippen LogP contribution in [0.15, 0.2) is 30.3 Å². The molecule has 0 N–H and O–H groups in total. The van der Waals surface area contributed by atoms with Gasteiger partial charge in [-0.25, -0.2) is 0 Å². The monoisotopic (exact) mass is 304 g/mol. The van der Waals surface area contributed by atoms with Crippen LogP contribution in [0, 0.1) is 20.8 Å². The molecule has 0 saturated carbocycles. The first-order chi connectivity index (χ1) is 9.96. The molecule has 2 aromatic rings. The van der Waals surface area contributed by atoms with E-state index in [1.54, 1.807) is 14.2 Å². The predicted molar refractivity (Wildman–Crippen MR) is 87.9 cm³/mol. The van der Waals surface area contributed by atoms with Crippen LogP contribution in [-0.4, -0.2) is 14.2 Å². The molecule has 2 rings (SSSR count). The SMILES string of the molecule is COc1cc(C)c(C(Cl)c2cc(C)cc(C)c2)cc1OC. The van der Waals surface area contributed by atoms with Crippen LogP contribution in [0.2, 0.25) is 0 Å². The first kappa shape index (κ1) is 15.7. The Morgan fingerprint density at radius 1 is 0.810 bits per heavy atom. The second-order valence-electron chi connectivity index (χ2n) is 5.35. The van der Waals surface area contributed by atoms with E-state index in [0.29, 0.717) is 5.75 Å². The van der Waals surface area contributed by atoms with Crippen molar-refractivity contribution in [1.29, 1.82) is 0 Å². The van der Waals surface area contributed by atoms with Gasteiger partial charge in [-0.1, -0.05) is 29.3 Å². The molecule has 0 bridgehead atoms. The molecule has 0 spiro atoms. The van der Waals surface area contributed by atoms with Gasteiger partial charge in [0, 0.05) is 0 Å². The highest BCUT2D eigenvalue weighted by Crippen LogP contribution is 2.38. The summed E-state index contributed by atoms with van der Waals surface area (Å²) in [6.45, 7) is 6.21. The summed E-state index contributed by atoms with van der Waals surface area (Å²) in [7, 11) is 3.27. The van der Waals surface area contributed by atoms with E-state index in [4.69, 9.17) is 21.1 Å². The van der Waals surface area contributed by atoms with E-state index in [2.05, 4.69) is 32.0 Å². The lowest BCUT2D eigenvalue weighted by Gasteiger charge is -2.17. The maximum absolute atomic E-state index is 6.71. The molecule has 1 unspecified atom stereocenters. The molecule has 0 aliphatic carbocycles. The molecule has 3 heteroatoms.